The second-order valence-electron chi connectivity index (χ2n) is 7.42. The molecule has 1 heterocycles. The van der Waals surface area contributed by atoms with Crippen LogP contribution in [0.15, 0.2) is 90.6 Å². The molecule has 0 bridgehead atoms. The van der Waals surface area contributed by atoms with Gasteiger partial charge in [-0.05, 0) is 35.9 Å². The van der Waals surface area contributed by atoms with Gasteiger partial charge in [-0.1, -0.05) is 54.6 Å². The number of benzene rings is 3. The van der Waals surface area contributed by atoms with Crippen LogP contribution in [0.2, 0.25) is 0 Å². The molecule has 0 atom stereocenters. The minimum absolute atomic E-state index is 0.0394. The largest absolute Gasteiger partial charge is 0.416 e. The van der Waals surface area contributed by atoms with Crippen LogP contribution in [0, 0.1) is 11.3 Å². The number of hydrogen-bond acceptors (Lipinski definition) is 2. The highest BCUT2D eigenvalue weighted by Crippen LogP contribution is 2.31. The molecular formula is C26H18F3N3O. The first-order valence-corrected chi connectivity index (χ1v) is 10.1. The molecular weight excluding hydrogens is 427 g/mol. The normalized spacial score (nSPS) is 11.9. The first-order valence-electron chi connectivity index (χ1n) is 10.1. The lowest BCUT2D eigenvalue weighted by Gasteiger charge is -2.09. The molecule has 4 rings (SSSR count). The van der Waals surface area contributed by atoms with Crippen LogP contribution in [0.5, 0.6) is 0 Å². The van der Waals surface area contributed by atoms with Gasteiger partial charge in [-0.2, -0.15) is 18.4 Å². The average molecular weight is 445 g/mol. The molecule has 0 saturated heterocycles. The van der Waals surface area contributed by atoms with Crippen molar-refractivity contribution < 1.29 is 18.0 Å². The van der Waals surface area contributed by atoms with Gasteiger partial charge in [-0.3, -0.25) is 4.79 Å². The van der Waals surface area contributed by atoms with Crippen molar-refractivity contribution in [3.05, 3.63) is 107 Å². The molecule has 1 amide bonds. The van der Waals surface area contributed by atoms with E-state index in [9.17, 15) is 23.2 Å². The van der Waals surface area contributed by atoms with Gasteiger partial charge in [0.1, 0.15) is 11.6 Å². The smallest absolute Gasteiger partial charge is 0.342 e. The summed E-state index contributed by atoms with van der Waals surface area (Å²) in [6, 6.07) is 23.6. The number of alkyl halides is 3. The summed E-state index contributed by atoms with van der Waals surface area (Å²) in [5.74, 6) is -0.781. The molecule has 0 unspecified atom stereocenters. The van der Waals surface area contributed by atoms with E-state index in [1.807, 2.05) is 71.4 Å². The van der Waals surface area contributed by atoms with E-state index in [1.165, 1.54) is 18.2 Å². The van der Waals surface area contributed by atoms with Crippen molar-refractivity contribution in [3.8, 4) is 6.07 Å². The number of aromatic nitrogens is 1. The number of nitrogens with one attached hydrogen (secondary N) is 1. The maximum absolute atomic E-state index is 12.9. The maximum Gasteiger partial charge on any atom is 0.416 e. The zero-order valence-electron chi connectivity index (χ0n) is 17.3. The molecule has 1 N–H and O–H groups in total. The number of para-hydroxylation sites is 1. The van der Waals surface area contributed by atoms with Gasteiger partial charge in [0.15, 0.2) is 0 Å². The summed E-state index contributed by atoms with van der Waals surface area (Å²) in [6.07, 6.45) is -1.23. The van der Waals surface area contributed by atoms with Crippen molar-refractivity contribution in [2.75, 3.05) is 5.32 Å². The summed E-state index contributed by atoms with van der Waals surface area (Å²) >= 11 is 0. The van der Waals surface area contributed by atoms with Crippen LogP contribution in [-0.2, 0) is 17.5 Å². The first-order chi connectivity index (χ1) is 15.8. The molecule has 164 valence electrons. The number of rotatable bonds is 5. The monoisotopic (exact) mass is 445 g/mol. The van der Waals surface area contributed by atoms with E-state index in [2.05, 4.69) is 5.32 Å². The van der Waals surface area contributed by atoms with Gasteiger partial charge in [0.05, 0.1) is 5.56 Å². The third-order valence-corrected chi connectivity index (χ3v) is 5.13. The molecule has 3 aromatic carbocycles. The van der Waals surface area contributed by atoms with Crippen LogP contribution in [-0.4, -0.2) is 10.5 Å². The Bertz CT molecular complexity index is 1380. The fourth-order valence-electron chi connectivity index (χ4n) is 3.58. The van der Waals surface area contributed by atoms with Crippen molar-refractivity contribution in [3.63, 3.8) is 0 Å². The van der Waals surface area contributed by atoms with Crippen LogP contribution >= 0.6 is 0 Å². The van der Waals surface area contributed by atoms with Crippen LogP contribution < -0.4 is 5.32 Å². The maximum atomic E-state index is 12.9. The Morgan fingerprint density at radius 1 is 1.00 bits per heavy atom. The summed E-state index contributed by atoms with van der Waals surface area (Å²) in [6.45, 7) is 0.605. The molecule has 0 radical (unpaired) electrons. The lowest BCUT2D eigenvalue weighted by Crippen LogP contribution is -2.14. The summed E-state index contributed by atoms with van der Waals surface area (Å²) in [5.41, 5.74) is 1.56. The van der Waals surface area contributed by atoms with E-state index in [0.717, 1.165) is 28.6 Å². The Hall–Kier alpha value is -4.31. The summed E-state index contributed by atoms with van der Waals surface area (Å²) in [5, 5.41) is 12.8. The van der Waals surface area contributed by atoms with Crippen molar-refractivity contribution in [1.29, 1.82) is 5.26 Å². The van der Waals surface area contributed by atoms with Crippen LogP contribution in [0.25, 0.3) is 17.0 Å². The Morgan fingerprint density at radius 3 is 2.45 bits per heavy atom. The van der Waals surface area contributed by atoms with E-state index in [1.54, 1.807) is 0 Å². The van der Waals surface area contributed by atoms with E-state index in [-0.39, 0.29) is 11.3 Å². The Morgan fingerprint density at radius 2 is 1.73 bits per heavy atom. The molecule has 0 fully saturated rings. The lowest BCUT2D eigenvalue weighted by atomic mass is 10.1. The molecule has 4 nitrogen and oxygen atoms in total. The van der Waals surface area contributed by atoms with Gasteiger partial charge in [-0.25, -0.2) is 0 Å². The highest BCUT2D eigenvalue weighted by molar-refractivity contribution is 6.10. The lowest BCUT2D eigenvalue weighted by molar-refractivity contribution is -0.137. The van der Waals surface area contributed by atoms with Gasteiger partial charge >= 0.3 is 6.18 Å². The van der Waals surface area contributed by atoms with E-state index < -0.39 is 17.6 Å². The Labute approximate surface area is 188 Å². The number of fused-ring (bicyclic) bond motifs is 1. The number of nitrogens with zero attached hydrogens (tertiary/aromatic N) is 2. The SMILES string of the molecule is N#C/C(=C\c1cn(Cc2ccccc2)c2ccccc12)C(=O)Nc1cccc(C(F)(F)F)c1. The summed E-state index contributed by atoms with van der Waals surface area (Å²) < 4.78 is 40.9. The van der Waals surface area contributed by atoms with E-state index >= 15 is 0 Å². The molecule has 0 aliphatic rings. The molecule has 33 heavy (non-hydrogen) atoms. The van der Waals surface area contributed by atoms with Crippen molar-refractivity contribution in [2.24, 2.45) is 0 Å². The average Bonchev–Trinajstić information content (AvgIpc) is 3.15. The summed E-state index contributed by atoms with van der Waals surface area (Å²) in [4.78, 5) is 12.7. The number of halogens is 3. The van der Waals surface area contributed by atoms with E-state index in [0.29, 0.717) is 12.1 Å². The van der Waals surface area contributed by atoms with Gasteiger partial charge < -0.3 is 9.88 Å². The van der Waals surface area contributed by atoms with E-state index in [4.69, 9.17) is 0 Å². The van der Waals surface area contributed by atoms with Gasteiger partial charge in [0, 0.05) is 34.9 Å². The fraction of sp³-hybridized carbons (Fsp3) is 0.0769. The third-order valence-electron chi connectivity index (χ3n) is 5.13. The number of hydrogen-bond donors (Lipinski definition) is 1. The molecule has 7 heteroatoms. The van der Waals surface area contributed by atoms with Gasteiger partial charge in [-0.15, -0.1) is 0 Å². The minimum Gasteiger partial charge on any atom is -0.342 e. The number of anilines is 1. The Kier molecular flexibility index (Phi) is 6.01. The quantitative estimate of drug-likeness (QED) is 0.291. The number of carbonyl (C=O) groups is 1. The second kappa shape index (κ2) is 9.05. The Balaban J connectivity index is 1.65. The molecule has 0 saturated carbocycles. The first kappa shape index (κ1) is 21.9. The van der Waals surface area contributed by atoms with Crippen molar-refractivity contribution in [2.45, 2.75) is 12.7 Å². The number of nitriles is 1. The van der Waals surface area contributed by atoms with Crippen LogP contribution in [0.3, 0.4) is 0 Å². The molecule has 1 aromatic heterocycles. The van der Waals surface area contributed by atoms with Gasteiger partial charge in [0.2, 0.25) is 0 Å². The van der Waals surface area contributed by atoms with Crippen molar-refractivity contribution >= 4 is 28.6 Å². The fourth-order valence-corrected chi connectivity index (χ4v) is 3.58. The third kappa shape index (κ3) is 4.96. The highest BCUT2D eigenvalue weighted by Gasteiger charge is 2.30. The predicted octanol–water partition coefficient (Wildman–Crippen LogP) is 6.25. The topological polar surface area (TPSA) is 57.8 Å². The number of carbonyl (C=O) groups excluding carboxylic acids is 1. The minimum atomic E-state index is -4.53. The van der Waals surface area contributed by atoms with Gasteiger partial charge in [0.25, 0.3) is 5.91 Å². The molecule has 4 aromatic rings. The molecule has 0 spiro atoms. The zero-order chi connectivity index (χ0) is 23.4. The zero-order valence-corrected chi connectivity index (χ0v) is 17.3. The molecule has 0 aliphatic carbocycles. The number of amides is 1. The van der Waals surface area contributed by atoms with Crippen LogP contribution in [0.4, 0.5) is 18.9 Å². The van der Waals surface area contributed by atoms with Crippen LogP contribution in [0.1, 0.15) is 16.7 Å². The standard InChI is InChI=1S/C26H18F3N3O/c27-26(28,29)21-9-6-10-22(14-21)31-25(33)19(15-30)13-20-17-32(16-18-7-2-1-3-8-18)24-12-5-4-11-23(20)24/h1-14,17H,16H2,(H,31,33)/b19-13+. The highest BCUT2D eigenvalue weighted by atomic mass is 19.4. The summed E-state index contributed by atoms with van der Waals surface area (Å²) in [7, 11) is 0. The predicted molar refractivity (Wildman–Crippen MR) is 121 cm³/mol. The second-order valence-corrected chi connectivity index (χ2v) is 7.42. The van der Waals surface area contributed by atoms with Crippen molar-refractivity contribution in [1.82, 2.24) is 4.57 Å². The molecule has 0 aliphatic heterocycles.